The van der Waals surface area contributed by atoms with Crippen molar-refractivity contribution in [3.63, 3.8) is 0 Å². The van der Waals surface area contributed by atoms with Gasteiger partial charge in [0.25, 0.3) is 0 Å². The summed E-state index contributed by atoms with van der Waals surface area (Å²) < 4.78 is 0. The second-order valence-corrected chi connectivity index (χ2v) is 3.31. The SMILES string of the molecule is CCCCO.CCCCO.C[CH-]C.C[CH-]C.[Ti+2]. The van der Waals surface area contributed by atoms with Crippen LogP contribution in [0.25, 0.3) is 0 Å². The maximum atomic E-state index is 8.07. The molecule has 3 heteroatoms. The van der Waals surface area contributed by atoms with Crippen molar-refractivity contribution in [2.45, 2.75) is 67.2 Å². The third-order valence-corrected chi connectivity index (χ3v) is 1.02. The largest absolute Gasteiger partial charge is 2.00 e. The maximum Gasteiger partial charge on any atom is 2.00 e. The van der Waals surface area contributed by atoms with Crippen molar-refractivity contribution < 1.29 is 31.9 Å². The van der Waals surface area contributed by atoms with E-state index in [9.17, 15) is 0 Å². The molecule has 0 amide bonds. The molecule has 0 radical (unpaired) electrons. The summed E-state index contributed by atoms with van der Waals surface area (Å²) >= 11 is 0. The number of unbranched alkanes of at least 4 members (excludes halogenated alkanes) is 2. The molecule has 0 aromatic rings. The number of rotatable bonds is 4. The van der Waals surface area contributed by atoms with Crippen LogP contribution in [0.3, 0.4) is 0 Å². The van der Waals surface area contributed by atoms with Gasteiger partial charge in [0.05, 0.1) is 0 Å². The van der Waals surface area contributed by atoms with Crippen LogP contribution in [-0.4, -0.2) is 23.4 Å². The maximum absolute atomic E-state index is 8.07. The van der Waals surface area contributed by atoms with Gasteiger partial charge in [-0.05, 0) is 12.8 Å². The Labute approximate surface area is 125 Å². The summed E-state index contributed by atoms with van der Waals surface area (Å²) in [5.74, 6) is 0. The van der Waals surface area contributed by atoms with Crippen molar-refractivity contribution in [2.24, 2.45) is 0 Å². The molecule has 0 bridgehead atoms. The van der Waals surface area contributed by atoms with E-state index in [-0.39, 0.29) is 21.7 Å². The predicted molar refractivity (Wildman–Crippen MR) is 75.3 cm³/mol. The van der Waals surface area contributed by atoms with E-state index in [0.717, 1.165) is 25.7 Å². The van der Waals surface area contributed by atoms with Crippen molar-refractivity contribution in [1.29, 1.82) is 0 Å². The number of hydrogen-bond donors (Lipinski definition) is 2. The summed E-state index contributed by atoms with van der Waals surface area (Å²) in [5.41, 5.74) is 0. The van der Waals surface area contributed by atoms with Crippen LogP contribution in [0.1, 0.15) is 67.2 Å². The number of aliphatic hydroxyl groups is 2. The summed E-state index contributed by atoms with van der Waals surface area (Å²) in [4.78, 5) is 0. The Morgan fingerprint density at radius 1 is 0.706 bits per heavy atom. The quantitative estimate of drug-likeness (QED) is 0.604. The third kappa shape index (κ3) is 166. The molecule has 0 aromatic carbocycles. The van der Waals surface area contributed by atoms with Gasteiger partial charge in [-0.15, -0.1) is 0 Å². The first-order valence-corrected chi connectivity index (χ1v) is 6.36. The first kappa shape index (κ1) is 30.6. The van der Waals surface area contributed by atoms with Crippen molar-refractivity contribution in [1.82, 2.24) is 0 Å². The van der Waals surface area contributed by atoms with Gasteiger partial charge in [-0.25, -0.2) is 0 Å². The van der Waals surface area contributed by atoms with E-state index in [1.54, 1.807) is 0 Å². The minimum absolute atomic E-state index is 0. The van der Waals surface area contributed by atoms with Gasteiger partial charge in [0.15, 0.2) is 0 Å². The molecule has 0 aromatic heterocycles. The molecule has 2 N–H and O–H groups in total. The van der Waals surface area contributed by atoms with E-state index in [1.165, 1.54) is 0 Å². The summed E-state index contributed by atoms with van der Waals surface area (Å²) in [6, 6.07) is 0. The molecule has 2 nitrogen and oxygen atoms in total. The van der Waals surface area contributed by atoms with E-state index in [0.29, 0.717) is 13.2 Å². The van der Waals surface area contributed by atoms with Crippen molar-refractivity contribution in [2.75, 3.05) is 13.2 Å². The van der Waals surface area contributed by atoms with Gasteiger partial charge in [0, 0.05) is 13.2 Å². The van der Waals surface area contributed by atoms with Gasteiger partial charge in [-0.1, -0.05) is 26.7 Å². The Morgan fingerprint density at radius 2 is 0.882 bits per heavy atom. The Bertz CT molecular complexity index is 50.2. The van der Waals surface area contributed by atoms with Gasteiger partial charge < -0.3 is 23.1 Å². The van der Waals surface area contributed by atoms with Gasteiger partial charge >= 0.3 is 21.7 Å². The van der Waals surface area contributed by atoms with Crippen LogP contribution in [-0.2, 0) is 21.7 Å². The van der Waals surface area contributed by atoms with Gasteiger partial charge in [0.1, 0.15) is 0 Å². The monoisotopic (exact) mass is 282 g/mol. The van der Waals surface area contributed by atoms with E-state index in [1.807, 2.05) is 40.5 Å². The Hall–Kier alpha value is 0.634. The average Bonchev–Trinajstić information content (AvgIpc) is 2.23. The van der Waals surface area contributed by atoms with Crippen LogP contribution >= 0.6 is 0 Å². The van der Waals surface area contributed by atoms with Crippen LogP contribution in [0.2, 0.25) is 0 Å². The van der Waals surface area contributed by atoms with Gasteiger partial charge in [-0.2, -0.15) is 27.7 Å². The molecule has 0 heterocycles. The smallest absolute Gasteiger partial charge is 0.396 e. The predicted octanol–water partition coefficient (Wildman–Crippen LogP) is 4.02. The molecule has 0 atom stereocenters. The Balaban J connectivity index is -0.0000000381. The molecular weight excluding hydrogens is 248 g/mol. The fourth-order valence-corrected chi connectivity index (χ4v) is 0.316. The second kappa shape index (κ2) is 54.5. The van der Waals surface area contributed by atoms with Crippen molar-refractivity contribution in [3.05, 3.63) is 12.8 Å². The zero-order valence-electron chi connectivity index (χ0n) is 12.8. The van der Waals surface area contributed by atoms with Crippen LogP contribution in [0.5, 0.6) is 0 Å². The summed E-state index contributed by atoms with van der Waals surface area (Å²) in [6.45, 7) is 12.8. The normalized spacial score (nSPS) is 7.06. The first-order chi connectivity index (χ1) is 7.66. The van der Waals surface area contributed by atoms with E-state index >= 15 is 0 Å². The molecule has 0 saturated carbocycles. The van der Waals surface area contributed by atoms with Crippen LogP contribution in [0.4, 0.5) is 0 Å². The summed E-state index contributed by atoms with van der Waals surface area (Å²) in [5, 5.41) is 16.1. The molecule has 0 rings (SSSR count). The molecular formula is C14H34O2Ti. The standard InChI is InChI=1S/2C4H10O.2C3H7.Ti/c2*1-2-3-4-5;2*1-3-2;/h2*5H,2-4H2,1H3;2*3H,1-2H3;/q;;2*-1;+2. The van der Waals surface area contributed by atoms with Crippen LogP contribution < -0.4 is 0 Å². The fourth-order valence-electron chi connectivity index (χ4n) is 0.316. The minimum Gasteiger partial charge on any atom is -0.396 e. The second-order valence-electron chi connectivity index (χ2n) is 3.31. The summed E-state index contributed by atoms with van der Waals surface area (Å²) in [6.07, 6.45) is 8.08. The van der Waals surface area contributed by atoms with Crippen molar-refractivity contribution >= 4 is 0 Å². The Kier molecular flexibility index (Phi) is 98.1. The Morgan fingerprint density at radius 3 is 0.882 bits per heavy atom. The van der Waals surface area contributed by atoms with Crippen LogP contribution in [0, 0.1) is 12.8 Å². The molecule has 0 aliphatic heterocycles. The number of aliphatic hydroxyl groups excluding tert-OH is 2. The average molecular weight is 282 g/mol. The molecule has 17 heavy (non-hydrogen) atoms. The molecule has 0 aliphatic rings. The zero-order valence-corrected chi connectivity index (χ0v) is 14.4. The van der Waals surface area contributed by atoms with E-state index in [4.69, 9.17) is 10.2 Å². The molecule has 0 fully saturated rings. The minimum atomic E-state index is 0. The van der Waals surface area contributed by atoms with Crippen LogP contribution in [0.15, 0.2) is 0 Å². The van der Waals surface area contributed by atoms with E-state index < -0.39 is 0 Å². The topological polar surface area (TPSA) is 40.5 Å². The molecule has 0 saturated heterocycles. The molecule has 106 valence electrons. The number of hydrogen-bond acceptors (Lipinski definition) is 2. The van der Waals surface area contributed by atoms with Crippen molar-refractivity contribution in [3.8, 4) is 0 Å². The zero-order chi connectivity index (χ0) is 13.7. The fraction of sp³-hybridized carbons (Fsp3) is 0.857. The van der Waals surface area contributed by atoms with E-state index in [2.05, 4.69) is 13.8 Å². The molecule has 0 aliphatic carbocycles. The first-order valence-electron chi connectivity index (χ1n) is 6.36. The molecule has 0 unspecified atom stereocenters. The summed E-state index contributed by atoms with van der Waals surface area (Å²) in [7, 11) is 0. The molecule has 0 spiro atoms. The van der Waals surface area contributed by atoms with Gasteiger partial charge in [0.2, 0.25) is 0 Å². The van der Waals surface area contributed by atoms with Gasteiger partial charge in [-0.3, -0.25) is 0 Å². The third-order valence-electron chi connectivity index (χ3n) is 1.02.